The molecule has 1 atom stereocenters. The Morgan fingerprint density at radius 3 is 2.14 bits per heavy atom. The van der Waals surface area contributed by atoms with E-state index in [1.165, 1.54) is 0 Å². The molecule has 35 heavy (non-hydrogen) atoms. The molecule has 1 saturated carbocycles. The lowest BCUT2D eigenvalue weighted by Crippen LogP contribution is -2.43. The number of carbonyl (C=O) groups excluding carboxylic acids is 1. The molecule has 1 saturated heterocycles. The Labute approximate surface area is 209 Å². The third-order valence-electron chi connectivity index (χ3n) is 7.13. The molecule has 1 aromatic rings. The van der Waals surface area contributed by atoms with Gasteiger partial charge in [-0.3, -0.25) is 0 Å². The van der Waals surface area contributed by atoms with E-state index in [0.29, 0.717) is 5.92 Å². The van der Waals surface area contributed by atoms with Gasteiger partial charge in [0, 0.05) is 0 Å². The number of amides is 1. The van der Waals surface area contributed by atoms with Crippen molar-refractivity contribution in [2.75, 3.05) is 0 Å². The molecule has 2 N–H and O–H groups in total. The highest BCUT2D eigenvalue weighted by molar-refractivity contribution is 6.62. The van der Waals surface area contributed by atoms with Crippen LogP contribution in [0.3, 0.4) is 0 Å². The number of aliphatic carboxylic acids is 1. The third kappa shape index (κ3) is 6.88. The summed E-state index contributed by atoms with van der Waals surface area (Å²) in [4.78, 5) is 24.0. The smallest absolute Gasteiger partial charge is 0.480 e. The summed E-state index contributed by atoms with van der Waals surface area (Å²) in [6, 6.07) is 7.09. The van der Waals surface area contributed by atoms with E-state index in [9.17, 15) is 14.7 Å². The average molecular weight is 485 g/mol. The van der Waals surface area contributed by atoms with Crippen LogP contribution in [0.1, 0.15) is 86.1 Å². The molecule has 0 spiro atoms. The number of nitrogens with one attached hydrogen (secondary N) is 1. The highest BCUT2D eigenvalue weighted by Crippen LogP contribution is 2.38. The number of alkyl carbamates (subject to hydrolysis) is 1. The molecular formula is C27H40BNO6. The molecule has 0 aromatic heterocycles. The predicted octanol–water partition coefficient (Wildman–Crippen LogP) is 4.93. The lowest BCUT2D eigenvalue weighted by molar-refractivity contribution is -0.139. The van der Waals surface area contributed by atoms with E-state index in [0.717, 1.165) is 42.3 Å². The van der Waals surface area contributed by atoms with Gasteiger partial charge in [-0.2, -0.15) is 0 Å². The summed E-state index contributed by atoms with van der Waals surface area (Å²) in [5, 5.41) is 12.2. The summed E-state index contributed by atoms with van der Waals surface area (Å²) >= 11 is 0. The van der Waals surface area contributed by atoms with Crippen molar-refractivity contribution in [1.29, 1.82) is 0 Å². The Morgan fingerprint density at radius 2 is 1.66 bits per heavy atom. The fourth-order valence-electron chi connectivity index (χ4n) is 4.48. The number of ether oxygens (including phenoxy) is 1. The maximum absolute atomic E-state index is 12.2. The van der Waals surface area contributed by atoms with Gasteiger partial charge < -0.3 is 24.5 Å². The first kappa shape index (κ1) is 27.3. The third-order valence-corrected chi connectivity index (χ3v) is 7.13. The second kappa shape index (κ2) is 10.4. The standard InChI is InChI=1S/C27H40BNO6/c1-25(2,3)33-24(32)29-22(23(30)31)17-16-21(18-10-8-9-11-18)19-12-14-20(15-13-19)28-34-26(4,5)27(6,7)35-28/h12-16,18,22H,8-11,17H2,1-7H3,(H,29,32)(H,30,31)/b21-16+/t22-/m1/s1. The minimum absolute atomic E-state index is 0.180. The van der Waals surface area contributed by atoms with Crippen LogP contribution in [0.2, 0.25) is 0 Å². The quantitative estimate of drug-likeness (QED) is 0.532. The van der Waals surface area contributed by atoms with E-state index in [-0.39, 0.29) is 6.42 Å². The van der Waals surface area contributed by atoms with Crippen molar-refractivity contribution >= 4 is 30.2 Å². The van der Waals surface area contributed by atoms with Crippen LogP contribution < -0.4 is 10.8 Å². The maximum Gasteiger partial charge on any atom is 0.494 e. The molecule has 192 valence electrons. The van der Waals surface area contributed by atoms with Crippen LogP contribution >= 0.6 is 0 Å². The Kier molecular flexibility index (Phi) is 8.07. The lowest BCUT2D eigenvalue weighted by atomic mass is 9.78. The zero-order valence-corrected chi connectivity index (χ0v) is 22.1. The largest absolute Gasteiger partial charge is 0.494 e. The van der Waals surface area contributed by atoms with Gasteiger partial charge in [0.1, 0.15) is 11.6 Å². The highest BCUT2D eigenvalue weighted by atomic mass is 16.7. The number of allylic oxidation sites excluding steroid dienone is 1. The van der Waals surface area contributed by atoms with Gasteiger partial charge in [0.15, 0.2) is 0 Å². The number of hydrogen-bond donors (Lipinski definition) is 2. The van der Waals surface area contributed by atoms with Crippen LogP contribution in [0.25, 0.3) is 5.57 Å². The lowest BCUT2D eigenvalue weighted by Gasteiger charge is -2.32. The van der Waals surface area contributed by atoms with Gasteiger partial charge >= 0.3 is 19.2 Å². The molecule has 1 aromatic carbocycles. The van der Waals surface area contributed by atoms with Crippen LogP contribution in [0.4, 0.5) is 4.79 Å². The number of rotatable bonds is 7. The summed E-state index contributed by atoms with van der Waals surface area (Å²) in [6.45, 7) is 13.4. The topological polar surface area (TPSA) is 94.1 Å². The van der Waals surface area contributed by atoms with Gasteiger partial charge in [-0.05, 0) is 90.2 Å². The first-order valence-electron chi connectivity index (χ1n) is 12.6. The molecule has 2 fully saturated rings. The summed E-state index contributed by atoms with van der Waals surface area (Å²) in [5.41, 5.74) is 1.62. The average Bonchev–Trinajstić information content (AvgIpc) is 3.32. The normalized spacial score (nSPS) is 21.1. The van der Waals surface area contributed by atoms with Crippen LogP contribution in [-0.4, -0.2) is 47.1 Å². The van der Waals surface area contributed by atoms with Crippen molar-refractivity contribution < 1.29 is 28.7 Å². The Morgan fingerprint density at radius 1 is 1.11 bits per heavy atom. The van der Waals surface area contributed by atoms with Crippen LogP contribution in [0.5, 0.6) is 0 Å². The Hall–Kier alpha value is -2.32. The zero-order valence-electron chi connectivity index (χ0n) is 22.1. The number of carboxylic acids is 1. The summed E-state index contributed by atoms with van der Waals surface area (Å²) in [7, 11) is -0.428. The fourth-order valence-corrected chi connectivity index (χ4v) is 4.48. The number of carboxylic acid groups (broad SMARTS) is 1. The van der Waals surface area contributed by atoms with Crippen LogP contribution in [-0.2, 0) is 18.8 Å². The second-order valence-corrected chi connectivity index (χ2v) is 11.6. The van der Waals surface area contributed by atoms with Gasteiger partial charge in [-0.25, -0.2) is 9.59 Å². The highest BCUT2D eigenvalue weighted by Gasteiger charge is 2.51. The molecule has 8 heteroatoms. The number of hydrogen-bond acceptors (Lipinski definition) is 5. The number of carbonyl (C=O) groups is 2. The van der Waals surface area contributed by atoms with E-state index < -0.39 is 42.0 Å². The van der Waals surface area contributed by atoms with Gasteiger partial charge in [0.2, 0.25) is 0 Å². The van der Waals surface area contributed by atoms with Crippen molar-refractivity contribution in [3.63, 3.8) is 0 Å². The molecule has 2 aliphatic rings. The van der Waals surface area contributed by atoms with Crippen molar-refractivity contribution in [3.8, 4) is 0 Å². The molecule has 1 aliphatic carbocycles. The van der Waals surface area contributed by atoms with Crippen molar-refractivity contribution in [1.82, 2.24) is 5.32 Å². The minimum atomic E-state index is -1.09. The van der Waals surface area contributed by atoms with Crippen molar-refractivity contribution in [2.24, 2.45) is 5.92 Å². The van der Waals surface area contributed by atoms with E-state index in [1.807, 2.05) is 45.9 Å². The van der Waals surface area contributed by atoms with Crippen LogP contribution in [0, 0.1) is 5.92 Å². The molecule has 0 bridgehead atoms. The molecule has 1 aliphatic heterocycles. The SMILES string of the molecule is CC(C)(C)OC(=O)N[C@H](C/C=C(/c1ccc(B2OC(C)(C)C(C)(C)O2)cc1)C1CCCC1)C(=O)O. The zero-order chi connectivity index (χ0) is 26.0. The molecule has 1 amide bonds. The molecule has 7 nitrogen and oxygen atoms in total. The summed E-state index contributed by atoms with van der Waals surface area (Å²) in [6.07, 6.45) is 5.88. The van der Waals surface area contributed by atoms with Gasteiger partial charge in [-0.1, -0.05) is 43.2 Å². The van der Waals surface area contributed by atoms with E-state index >= 15 is 0 Å². The first-order chi connectivity index (χ1) is 16.2. The monoisotopic (exact) mass is 485 g/mol. The van der Waals surface area contributed by atoms with Gasteiger partial charge in [0.25, 0.3) is 0 Å². The van der Waals surface area contributed by atoms with E-state index in [1.54, 1.807) is 20.8 Å². The number of benzene rings is 1. The molecule has 3 rings (SSSR count). The predicted molar refractivity (Wildman–Crippen MR) is 138 cm³/mol. The first-order valence-corrected chi connectivity index (χ1v) is 12.6. The van der Waals surface area contributed by atoms with E-state index in [4.69, 9.17) is 14.0 Å². The van der Waals surface area contributed by atoms with Crippen molar-refractivity contribution in [2.45, 2.75) is 103 Å². The molecule has 1 heterocycles. The summed E-state index contributed by atoms with van der Waals surface area (Å²) < 4.78 is 17.6. The molecular weight excluding hydrogens is 445 g/mol. The molecule has 0 radical (unpaired) electrons. The van der Waals surface area contributed by atoms with E-state index in [2.05, 4.69) is 17.4 Å². The second-order valence-electron chi connectivity index (χ2n) is 11.6. The van der Waals surface area contributed by atoms with Crippen molar-refractivity contribution in [3.05, 3.63) is 35.9 Å². The maximum atomic E-state index is 12.2. The Bertz CT molecular complexity index is 925. The minimum Gasteiger partial charge on any atom is -0.480 e. The summed E-state index contributed by atoms with van der Waals surface area (Å²) in [5.74, 6) is -0.720. The molecule has 0 unspecified atom stereocenters. The fraction of sp³-hybridized carbons (Fsp3) is 0.630. The van der Waals surface area contributed by atoms with Gasteiger partial charge in [0.05, 0.1) is 11.2 Å². The Balaban J connectivity index is 1.79. The van der Waals surface area contributed by atoms with Gasteiger partial charge in [-0.15, -0.1) is 0 Å². The van der Waals surface area contributed by atoms with Crippen LogP contribution in [0.15, 0.2) is 30.3 Å².